The third-order valence-corrected chi connectivity index (χ3v) is 3.36. The number of hydrogen-bond donors (Lipinski definition) is 2. The molecule has 19 heavy (non-hydrogen) atoms. The Bertz CT molecular complexity index is 517. The highest BCUT2D eigenvalue weighted by Crippen LogP contribution is 2.33. The van der Waals surface area contributed by atoms with E-state index in [4.69, 9.17) is 16.7 Å². The van der Waals surface area contributed by atoms with E-state index in [1.165, 1.54) is 12.1 Å². The predicted molar refractivity (Wildman–Crippen MR) is 67.6 cm³/mol. The lowest BCUT2D eigenvalue weighted by atomic mass is 10.1. The summed E-state index contributed by atoms with van der Waals surface area (Å²) in [5, 5.41) is 11.4. The molecule has 2 rings (SSSR count). The third kappa shape index (κ3) is 3.67. The van der Waals surface area contributed by atoms with Crippen molar-refractivity contribution in [3.63, 3.8) is 0 Å². The van der Waals surface area contributed by atoms with Crippen LogP contribution < -0.4 is 5.32 Å². The molecule has 1 amide bonds. The van der Waals surface area contributed by atoms with E-state index in [0.29, 0.717) is 12.3 Å². The van der Waals surface area contributed by atoms with Crippen molar-refractivity contribution < 1.29 is 19.1 Å². The number of carbonyl (C=O) groups excluding carboxylic acids is 1. The van der Waals surface area contributed by atoms with Gasteiger partial charge in [-0.2, -0.15) is 0 Å². The Labute approximate surface area is 114 Å². The van der Waals surface area contributed by atoms with Gasteiger partial charge >= 0.3 is 5.97 Å². The van der Waals surface area contributed by atoms with Gasteiger partial charge in [0.2, 0.25) is 0 Å². The SMILES string of the molecule is O=C(NC(CC1CC1)C(=O)O)c1ccc(Cl)c(F)c1. The van der Waals surface area contributed by atoms with E-state index in [2.05, 4.69) is 5.32 Å². The summed E-state index contributed by atoms with van der Waals surface area (Å²) in [7, 11) is 0. The second kappa shape index (κ2) is 5.57. The largest absolute Gasteiger partial charge is 0.480 e. The fourth-order valence-electron chi connectivity index (χ4n) is 1.79. The van der Waals surface area contributed by atoms with Crippen LogP contribution in [0.2, 0.25) is 5.02 Å². The molecule has 1 aromatic carbocycles. The number of rotatable bonds is 5. The minimum atomic E-state index is -1.07. The van der Waals surface area contributed by atoms with Crippen molar-refractivity contribution >= 4 is 23.5 Å². The third-order valence-electron chi connectivity index (χ3n) is 3.05. The summed E-state index contributed by atoms with van der Waals surface area (Å²) in [5.74, 6) is -2.02. The number of amides is 1. The highest BCUT2D eigenvalue weighted by molar-refractivity contribution is 6.30. The van der Waals surface area contributed by atoms with Crippen LogP contribution in [-0.4, -0.2) is 23.0 Å². The van der Waals surface area contributed by atoms with Gasteiger partial charge in [0.25, 0.3) is 5.91 Å². The Morgan fingerprint density at radius 3 is 2.68 bits per heavy atom. The van der Waals surface area contributed by atoms with Crippen LogP contribution in [0.3, 0.4) is 0 Å². The highest BCUT2D eigenvalue weighted by atomic mass is 35.5. The lowest BCUT2D eigenvalue weighted by molar-refractivity contribution is -0.139. The Kier molecular flexibility index (Phi) is 4.04. The van der Waals surface area contributed by atoms with Gasteiger partial charge in [-0.05, 0) is 30.5 Å². The van der Waals surface area contributed by atoms with E-state index < -0.39 is 23.7 Å². The topological polar surface area (TPSA) is 66.4 Å². The van der Waals surface area contributed by atoms with Crippen molar-refractivity contribution in [3.05, 3.63) is 34.6 Å². The number of nitrogens with one attached hydrogen (secondary N) is 1. The van der Waals surface area contributed by atoms with Crippen molar-refractivity contribution in [3.8, 4) is 0 Å². The first-order valence-corrected chi connectivity index (χ1v) is 6.34. The standard InChI is InChI=1S/C13H13ClFNO3/c14-9-4-3-8(6-10(9)15)12(17)16-11(13(18)19)5-7-1-2-7/h3-4,6-7,11H,1-2,5H2,(H,16,17)(H,18,19). The number of benzene rings is 1. The van der Waals surface area contributed by atoms with Crippen molar-refractivity contribution in [1.29, 1.82) is 0 Å². The van der Waals surface area contributed by atoms with Gasteiger partial charge in [-0.15, -0.1) is 0 Å². The van der Waals surface area contributed by atoms with Crippen LogP contribution >= 0.6 is 11.6 Å². The van der Waals surface area contributed by atoms with Crippen LogP contribution in [0.5, 0.6) is 0 Å². The minimum Gasteiger partial charge on any atom is -0.480 e. The van der Waals surface area contributed by atoms with E-state index in [1.54, 1.807) is 0 Å². The van der Waals surface area contributed by atoms with Gasteiger partial charge in [0, 0.05) is 5.56 Å². The number of aliphatic carboxylic acids is 1. The molecule has 1 aromatic rings. The molecular formula is C13H13ClFNO3. The molecule has 0 saturated heterocycles. The number of halogens is 2. The van der Waals surface area contributed by atoms with Crippen LogP contribution in [-0.2, 0) is 4.79 Å². The van der Waals surface area contributed by atoms with Crippen molar-refractivity contribution in [2.75, 3.05) is 0 Å². The molecule has 0 aliphatic heterocycles. The van der Waals surface area contributed by atoms with E-state index in [9.17, 15) is 14.0 Å². The van der Waals surface area contributed by atoms with Gasteiger partial charge in [0.15, 0.2) is 0 Å². The highest BCUT2D eigenvalue weighted by Gasteiger charge is 2.30. The van der Waals surface area contributed by atoms with Gasteiger partial charge in [-0.3, -0.25) is 4.79 Å². The molecular weight excluding hydrogens is 273 g/mol. The van der Waals surface area contributed by atoms with Crippen LogP contribution in [0.15, 0.2) is 18.2 Å². The molecule has 0 heterocycles. The second-order valence-corrected chi connectivity index (χ2v) is 5.08. The fraction of sp³-hybridized carbons (Fsp3) is 0.385. The molecule has 1 atom stereocenters. The first kappa shape index (κ1) is 13.8. The fourth-order valence-corrected chi connectivity index (χ4v) is 1.90. The lowest BCUT2D eigenvalue weighted by Gasteiger charge is -2.14. The summed E-state index contributed by atoms with van der Waals surface area (Å²) >= 11 is 5.52. The van der Waals surface area contributed by atoms with E-state index in [1.807, 2.05) is 0 Å². The first-order chi connectivity index (χ1) is 8.97. The average molecular weight is 286 g/mol. The molecule has 1 aliphatic rings. The van der Waals surface area contributed by atoms with Gasteiger partial charge < -0.3 is 10.4 Å². The summed E-state index contributed by atoms with van der Waals surface area (Å²) in [5.41, 5.74) is 0.0592. The van der Waals surface area contributed by atoms with Gasteiger partial charge in [-0.1, -0.05) is 24.4 Å². The summed E-state index contributed by atoms with van der Waals surface area (Å²) in [6.07, 6.45) is 2.40. The molecule has 2 N–H and O–H groups in total. The van der Waals surface area contributed by atoms with Crippen LogP contribution in [0.4, 0.5) is 4.39 Å². The maximum Gasteiger partial charge on any atom is 0.326 e. The van der Waals surface area contributed by atoms with E-state index >= 15 is 0 Å². The van der Waals surface area contributed by atoms with Gasteiger partial charge in [-0.25, -0.2) is 9.18 Å². The van der Waals surface area contributed by atoms with Crippen LogP contribution in [0.1, 0.15) is 29.6 Å². The predicted octanol–water partition coefficient (Wildman–Crippen LogP) is 2.46. The lowest BCUT2D eigenvalue weighted by Crippen LogP contribution is -2.41. The zero-order valence-electron chi connectivity index (χ0n) is 10.0. The van der Waals surface area contributed by atoms with Crippen molar-refractivity contribution in [2.24, 2.45) is 5.92 Å². The Balaban J connectivity index is 2.05. The number of carbonyl (C=O) groups is 2. The van der Waals surface area contributed by atoms with Crippen molar-refractivity contribution in [1.82, 2.24) is 5.32 Å². The minimum absolute atomic E-state index is 0.0592. The number of hydrogen-bond acceptors (Lipinski definition) is 2. The van der Waals surface area contributed by atoms with Crippen LogP contribution in [0, 0.1) is 11.7 Å². The summed E-state index contributed by atoms with van der Waals surface area (Å²) in [6, 6.07) is 2.69. The maximum atomic E-state index is 13.2. The summed E-state index contributed by atoms with van der Waals surface area (Å²) in [4.78, 5) is 22.9. The smallest absolute Gasteiger partial charge is 0.326 e. The quantitative estimate of drug-likeness (QED) is 0.873. The normalized spacial score (nSPS) is 15.9. The second-order valence-electron chi connectivity index (χ2n) is 4.67. The van der Waals surface area contributed by atoms with E-state index in [0.717, 1.165) is 18.9 Å². The zero-order chi connectivity index (χ0) is 14.0. The van der Waals surface area contributed by atoms with Crippen molar-refractivity contribution in [2.45, 2.75) is 25.3 Å². The first-order valence-electron chi connectivity index (χ1n) is 5.96. The monoisotopic (exact) mass is 285 g/mol. The van der Waals surface area contributed by atoms with Gasteiger partial charge in [0.05, 0.1) is 5.02 Å². The Hall–Kier alpha value is -1.62. The zero-order valence-corrected chi connectivity index (χ0v) is 10.8. The molecule has 1 unspecified atom stereocenters. The maximum absolute atomic E-state index is 13.2. The van der Waals surface area contributed by atoms with Crippen LogP contribution in [0.25, 0.3) is 0 Å². The molecule has 1 saturated carbocycles. The molecule has 0 spiro atoms. The van der Waals surface area contributed by atoms with E-state index in [-0.39, 0.29) is 10.6 Å². The molecule has 1 aliphatic carbocycles. The summed E-state index contributed by atoms with van der Waals surface area (Å²) < 4.78 is 13.2. The molecule has 6 heteroatoms. The Morgan fingerprint density at radius 1 is 1.47 bits per heavy atom. The average Bonchev–Trinajstić information content (AvgIpc) is 3.15. The number of carboxylic acids is 1. The molecule has 102 valence electrons. The molecule has 4 nitrogen and oxygen atoms in total. The molecule has 1 fully saturated rings. The molecule has 0 bridgehead atoms. The number of carboxylic acid groups (broad SMARTS) is 1. The Morgan fingerprint density at radius 2 is 2.16 bits per heavy atom. The van der Waals surface area contributed by atoms with Gasteiger partial charge in [0.1, 0.15) is 11.9 Å². The molecule has 0 aromatic heterocycles. The summed E-state index contributed by atoms with van der Waals surface area (Å²) in [6.45, 7) is 0. The molecule has 0 radical (unpaired) electrons.